The molecule has 0 atom stereocenters. The average molecular weight is 385 g/mol. The molecule has 0 saturated carbocycles. The lowest BCUT2D eigenvalue weighted by Crippen LogP contribution is -2.23. The van der Waals surface area contributed by atoms with Gasteiger partial charge >= 0.3 is 5.97 Å². The summed E-state index contributed by atoms with van der Waals surface area (Å²) in [6.07, 6.45) is 4.59. The number of carbonyl (C=O) groups excluding carboxylic acids is 1. The van der Waals surface area contributed by atoms with Crippen molar-refractivity contribution in [1.29, 1.82) is 0 Å². The molecule has 0 radical (unpaired) electrons. The Morgan fingerprint density at radius 1 is 1.33 bits per heavy atom. The highest BCUT2D eigenvalue weighted by atomic mass is 32.1. The van der Waals surface area contributed by atoms with E-state index in [1.165, 1.54) is 21.9 Å². The van der Waals surface area contributed by atoms with Crippen LogP contribution in [0.4, 0.5) is 5.82 Å². The quantitative estimate of drug-likeness (QED) is 0.621. The summed E-state index contributed by atoms with van der Waals surface area (Å²) in [6, 6.07) is 4.78. The van der Waals surface area contributed by atoms with Crippen LogP contribution in [0, 0.1) is 0 Å². The van der Waals surface area contributed by atoms with Crippen molar-refractivity contribution in [3.05, 3.63) is 51.0 Å². The minimum Gasteiger partial charge on any atom is -0.455 e. The maximum atomic E-state index is 12.6. The molecule has 1 fully saturated rings. The molecule has 4 heterocycles. The van der Waals surface area contributed by atoms with Gasteiger partial charge in [0.25, 0.3) is 5.56 Å². The van der Waals surface area contributed by atoms with Gasteiger partial charge in [-0.25, -0.2) is 14.8 Å². The second kappa shape index (κ2) is 7.43. The van der Waals surface area contributed by atoms with Crippen molar-refractivity contribution < 1.29 is 9.53 Å². The molecule has 0 spiro atoms. The van der Waals surface area contributed by atoms with Gasteiger partial charge in [-0.2, -0.15) is 9.61 Å². The third-order valence-corrected chi connectivity index (χ3v) is 5.46. The number of hydrogen-bond acceptors (Lipinski definition) is 8. The average Bonchev–Trinajstić information content (AvgIpc) is 3.36. The first kappa shape index (κ1) is 17.6. The smallest absolute Gasteiger partial charge is 0.342 e. The summed E-state index contributed by atoms with van der Waals surface area (Å²) in [5.74, 6) is 0.184. The Balaban J connectivity index is 1.53. The van der Waals surface area contributed by atoms with E-state index < -0.39 is 5.97 Å². The van der Waals surface area contributed by atoms with Crippen LogP contribution in [0.1, 0.15) is 40.8 Å². The number of aryl methyl sites for hydroxylation is 1. The molecule has 8 nitrogen and oxygen atoms in total. The van der Waals surface area contributed by atoms with Crippen molar-refractivity contribution in [3.8, 4) is 0 Å². The monoisotopic (exact) mass is 385 g/mol. The van der Waals surface area contributed by atoms with Crippen LogP contribution in [0.5, 0.6) is 0 Å². The predicted octanol–water partition coefficient (Wildman–Crippen LogP) is 2.07. The molecule has 1 aliphatic heterocycles. The molecular formula is C18H19N5O3S. The number of carbonyl (C=O) groups is 1. The van der Waals surface area contributed by atoms with Crippen molar-refractivity contribution in [2.75, 3.05) is 18.0 Å². The van der Waals surface area contributed by atoms with E-state index in [0.29, 0.717) is 22.0 Å². The number of pyridine rings is 1. The van der Waals surface area contributed by atoms with Gasteiger partial charge in [-0.3, -0.25) is 4.79 Å². The third kappa shape index (κ3) is 3.55. The topological polar surface area (TPSA) is 89.7 Å². The van der Waals surface area contributed by atoms with Gasteiger partial charge in [0.2, 0.25) is 4.96 Å². The molecule has 1 saturated heterocycles. The number of hydrogen-bond donors (Lipinski definition) is 0. The number of anilines is 1. The molecule has 3 aromatic rings. The standard InChI is InChI=1S/C18H19N5O3S/c1-2-14-21-23-15(24)10-12(20-18(23)27-14)11-26-17(25)13-6-5-7-19-16(13)22-8-3-4-9-22/h5-7,10H,2-4,8-9,11H2,1H3. The molecular weight excluding hydrogens is 366 g/mol. The molecule has 4 rings (SSSR count). The number of aromatic nitrogens is 4. The van der Waals surface area contributed by atoms with Crippen molar-refractivity contribution in [1.82, 2.24) is 19.6 Å². The Labute approximate surface area is 159 Å². The second-order valence-electron chi connectivity index (χ2n) is 6.27. The summed E-state index contributed by atoms with van der Waals surface area (Å²) < 4.78 is 6.70. The highest BCUT2D eigenvalue weighted by Gasteiger charge is 2.21. The Kier molecular flexibility index (Phi) is 4.85. The fraction of sp³-hybridized carbons (Fsp3) is 0.389. The first-order valence-corrected chi connectivity index (χ1v) is 9.73. The SMILES string of the molecule is CCc1nn2c(=O)cc(COC(=O)c3cccnc3N3CCCC3)nc2s1. The van der Waals surface area contributed by atoms with E-state index in [1.807, 2.05) is 6.92 Å². The van der Waals surface area contributed by atoms with Crippen LogP contribution >= 0.6 is 11.3 Å². The van der Waals surface area contributed by atoms with Gasteiger partial charge in [-0.05, 0) is 31.4 Å². The minimum absolute atomic E-state index is 0.0712. The Hall–Kier alpha value is -2.81. The maximum absolute atomic E-state index is 12.6. The van der Waals surface area contributed by atoms with Gasteiger partial charge in [0.05, 0.1) is 5.69 Å². The second-order valence-corrected chi connectivity index (χ2v) is 7.31. The fourth-order valence-electron chi connectivity index (χ4n) is 3.07. The van der Waals surface area contributed by atoms with Crippen molar-refractivity contribution in [2.24, 2.45) is 0 Å². The molecule has 0 amide bonds. The van der Waals surface area contributed by atoms with E-state index in [4.69, 9.17) is 4.74 Å². The van der Waals surface area contributed by atoms with Crippen LogP contribution in [0.3, 0.4) is 0 Å². The molecule has 9 heteroatoms. The van der Waals surface area contributed by atoms with Crippen molar-refractivity contribution in [2.45, 2.75) is 32.8 Å². The molecule has 3 aromatic heterocycles. The molecule has 0 aromatic carbocycles. The number of esters is 1. The molecule has 140 valence electrons. The van der Waals surface area contributed by atoms with E-state index >= 15 is 0 Å². The van der Waals surface area contributed by atoms with E-state index in [-0.39, 0.29) is 12.2 Å². The van der Waals surface area contributed by atoms with Gasteiger partial charge < -0.3 is 9.64 Å². The predicted molar refractivity (Wildman–Crippen MR) is 101 cm³/mol. The van der Waals surface area contributed by atoms with E-state index in [9.17, 15) is 9.59 Å². The fourth-order valence-corrected chi connectivity index (χ4v) is 3.92. The highest BCUT2D eigenvalue weighted by Crippen LogP contribution is 2.23. The number of nitrogens with zero attached hydrogens (tertiary/aromatic N) is 5. The lowest BCUT2D eigenvalue weighted by atomic mass is 10.2. The first-order valence-electron chi connectivity index (χ1n) is 8.91. The first-order chi connectivity index (χ1) is 13.2. The molecule has 0 aliphatic carbocycles. The summed E-state index contributed by atoms with van der Waals surface area (Å²) in [5, 5.41) is 5.04. The normalized spacial score (nSPS) is 14.0. The molecule has 0 N–H and O–H groups in total. The zero-order valence-electron chi connectivity index (χ0n) is 14.9. The summed E-state index contributed by atoms with van der Waals surface area (Å²) >= 11 is 1.36. The van der Waals surface area contributed by atoms with E-state index in [2.05, 4.69) is 20.0 Å². The van der Waals surface area contributed by atoms with Crippen LogP contribution in [-0.2, 0) is 17.8 Å². The van der Waals surface area contributed by atoms with Gasteiger partial charge in [0, 0.05) is 25.4 Å². The van der Waals surface area contributed by atoms with Gasteiger partial charge in [0.15, 0.2) is 0 Å². The highest BCUT2D eigenvalue weighted by molar-refractivity contribution is 7.16. The van der Waals surface area contributed by atoms with Crippen LogP contribution in [0.15, 0.2) is 29.2 Å². The number of fused-ring (bicyclic) bond motifs is 1. The van der Waals surface area contributed by atoms with Crippen molar-refractivity contribution >= 4 is 28.1 Å². The van der Waals surface area contributed by atoms with Crippen LogP contribution in [0.25, 0.3) is 4.96 Å². The summed E-state index contributed by atoms with van der Waals surface area (Å²) in [4.78, 5) is 36.1. The lowest BCUT2D eigenvalue weighted by Gasteiger charge is -2.18. The van der Waals surface area contributed by atoms with Crippen LogP contribution in [0.2, 0.25) is 0 Å². The van der Waals surface area contributed by atoms with E-state index in [0.717, 1.165) is 37.4 Å². The maximum Gasteiger partial charge on any atom is 0.342 e. The molecule has 0 bridgehead atoms. The zero-order valence-corrected chi connectivity index (χ0v) is 15.7. The van der Waals surface area contributed by atoms with Crippen LogP contribution in [-0.4, -0.2) is 38.6 Å². The largest absolute Gasteiger partial charge is 0.455 e. The van der Waals surface area contributed by atoms with Gasteiger partial charge in [0.1, 0.15) is 23.0 Å². The summed E-state index contributed by atoms with van der Waals surface area (Å²) in [5.41, 5.74) is 0.565. The number of ether oxygens (including phenoxy) is 1. The van der Waals surface area contributed by atoms with E-state index in [1.54, 1.807) is 18.3 Å². The van der Waals surface area contributed by atoms with Gasteiger partial charge in [-0.15, -0.1) is 0 Å². The van der Waals surface area contributed by atoms with Crippen molar-refractivity contribution in [3.63, 3.8) is 0 Å². The Morgan fingerprint density at radius 2 is 2.15 bits per heavy atom. The molecule has 27 heavy (non-hydrogen) atoms. The summed E-state index contributed by atoms with van der Waals surface area (Å²) in [6.45, 7) is 3.67. The number of rotatable bonds is 5. The van der Waals surface area contributed by atoms with Crippen LogP contribution < -0.4 is 10.5 Å². The minimum atomic E-state index is -0.467. The summed E-state index contributed by atoms with van der Waals surface area (Å²) in [7, 11) is 0. The zero-order chi connectivity index (χ0) is 18.8. The molecule has 0 unspecified atom stereocenters. The third-order valence-electron chi connectivity index (χ3n) is 4.41. The van der Waals surface area contributed by atoms with Gasteiger partial charge in [-0.1, -0.05) is 18.3 Å². The Bertz CT molecular complexity index is 1040. The Morgan fingerprint density at radius 3 is 2.93 bits per heavy atom. The lowest BCUT2D eigenvalue weighted by molar-refractivity contribution is 0.0468. The molecule has 1 aliphatic rings.